The van der Waals surface area contributed by atoms with E-state index >= 15 is 0 Å². The minimum absolute atomic E-state index is 0.661. The lowest BCUT2D eigenvalue weighted by Gasteiger charge is -2.22. The Morgan fingerprint density at radius 2 is 1.77 bits per heavy atom. The van der Waals surface area contributed by atoms with Crippen LogP contribution in [0.5, 0.6) is 5.75 Å². The van der Waals surface area contributed by atoms with Gasteiger partial charge in [0.2, 0.25) is 0 Å². The van der Waals surface area contributed by atoms with Crippen molar-refractivity contribution in [2.75, 3.05) is 6.61 Å². The van der Waals surface area contributed by atoms with E-state index in [1.807, 2.05) is 0 Å². The predicted molar refractivity (Wildman–Crippen MR) is 130 cm³/mol. The average molecular weight is 407 g/mol. The van der Waals surface area contributed by atoms with Crippen LogP contribution in [-0.2, 0) is 25.7 Å². The molecule has 2 aromatic carbocycles. The molecule has 30 heavy (non-hydrogen) atoms. The molecule has 2 atom stereocenters. The minimum atomic E-state index is 0.661. The van der Waals surface area contributed by atoms with E-state index in [1.165, 1.54) is 67.4 Å². The van der Waals surface area contributed by atoms with Gasteiger partial charge in [-0.25, -0.2) is 0 Å². The van der Waals surface area contributed by atoms with Crippen LogP contribution in [0.15, 0.2) is 30.3 Å². The zero-order valence-electron chi connectivity index (χ0n) is 20.0. The highest BCUT2D eigenvalue weighted by atomic mass is 16.5. The van der Waals surface area contributed by atoms with E-state index < -0.39 is 0 Å². The van der Waals surface area contributed by atoms with Crippen molar-refractivity contribution >= 4 is 0 Å². The molecule has 0 saturated heterocycles. The maximum absolute atomic E-state index is 5.96. The van der Waals surface area contributed by atoms with Gasteiger partial charge in [0.1, 0.15) is 5.75 Å². The van der Waals surface area contributed by atoms with Crippen LogP contribution in [-0.4, -0.2) is 6.61 Å². The average Bonchev–Trinajstić information content (AvgIpc) is 3.21. The molecule has 0 N–H and O–H groups in total. The van der Waals surface area contributed by atoms with Gasteiger partial charge in [-0.15, -0.1) is 0 Å². The SMILES string of the molecule is CCCc1cc(C(CC)CC(C)CCc2cccc(C)c2CCC)cc2c1OCC2. The smallest absolute Gasteiger partial charge is 0.125 e. The summed E-state index contributed by atoms with van der Waals surface area (Å²) in [4.78, 5) is 0. The minimum Gasteiger partial charge on any atom is -0.493 e. The zero-order chi connectivity index (χ0) is 21.5. The van der Waals surface area contributed by atoms with Gasteiger partial charge in [0.05, 0.1) is 6.61 Å². The molecule has 0 aliphatic carbocycles. The van der Waals surface area contributed by atoms with Gasteiger partial charge in [-0.3, -0.25) is 0 Å². The largest absolute Gasteiger partial charge is 0.493 e. The lowest BCUT2D eigenvalue weighted by Crippen LogP contribution is -2.08. The van der Waals surface area contributed by atoms with Gasteiger partial charge in [0.25, 0.3) is 0 Å². The van der Waals surface area contributed by atoms with Crippen LogP contribution in [0.3, 0.4) is 0 Å². The van der Waals surface area contributed by atoms with Crippen LogP contribution >= 0.6 is 0 Å². The van der Waals surface area contributed by atoms with E-state index in [0.717, 1.165) is 25.4 Å². The van der Waals surface area contributed by atoms with Crippen molar-refractivity contribution in [3.63, 3.8) is 0 Å². The van der Waals surface area contributed by atoms with Crippen molar-refractivity contribution in [3.05, 3.63) is 63.7 Å². The van der Waals surface area contributed by atoms with Gasteiger partial charge < -0.3 is 4.74 Å². The number of aryl methyl sites for hydroxylation is 3. The molecule has 1 heterocycles. The van der Waals surface area contributed by atoms with Gasteiger partial charge in [-0.2, -0.15) is 0 Å². The Balaban J connectivity index is 1.68. The third-order valence-corrected chi connectivity index (χ3v) is 6.97. The van der Waals surface area contributed by atoms with E-state index in [1.54, 1.807) is 16.7 Å². The second-order valence-corrected chi connectivity index (χ2v) is 9.46. The maximum Gasteiger partial charge on any atom is 0.125 e. The molecule has 2 aromatic rings. The fraction of sp³-hybridized carbons (Fsp3) is 0.586. The van der Waals surface area contributed by atoms with Crippen molar-refractivity contribution in [1.29, 1.82) is 0 Å². The summed E-state index contributed by atoms with van der Waals surface area (Å²) in [6, 6.07) is 11.8. The van der Waals surface area contributed by atoms with Crippen LogP contribution in [0.2, 0.25) is 0 Å². The topological polar surface area (TPSA) is 9.23 Å². The number of fused-ring (bicyclic) bond motifs is 1. The number of hydrogen-bond acceptors (Lipinski definition) is 1. The Kier molecular flexibility index (Phi) is 8.42. The molecule has 3 rings (SSSR count). The van der Waals surface area contributed by atoms with E-state index in [4.69, 9.17) is 4.74 Å². The number of hydrogen-bond donors (Lipinski definition) is 0. The van der Waals surface area contributed by atoms with Crippen LogP contribution in [0.4, 0.5) is 0 Å². The van der Waals surface area contributed by atoms with Gasteiger partial charge in [0, 0.05) is 6.42 Å². The Bertz CT molecular complexity index is 819. The van der Waals surface area contributed by atoms with E-state index in [2.05, 4.69) is 65.0 Å². The maximum atomic E-state index is 5.96. The summed E-state index contributed by atoms with van der Waals surface area (Å²) in [5, 5.41) is 0. The second kappa shape index (κ2) is 11.0. The Morgan fingerprint density at radius 3 is 2.50 bits per heavy atom. The van der Waals surface area contributed by atoms with Gasteiger partial charge >= 0.3 is 0 Å². The van der Waals surface area contributed by atoms with Gasteiger partial charge in [-0.05, 0) is 90.7 Å². The molecule has 0 spiro atoms. The second-order valence-electron chi connectivity index (χ2n) is 9.46. The van der Waals surface area contributed by atoms with E-state index in [9.17, 15) is 0 Å². The normalized spacial score (nSPS) is 15.0. The molecule has 1 nitrogen and oxygen atoms in total. The van der Waals surface area contributed by atoms with Crippen LogP contribution < -0.4 is 4.74 Å². The van der Waals surface area contributed by atoms with Crippen LogP contribution in [0, 0.1) is 12.8 Å². The molecule has 0 radical (unpaired) electrons. The molecule has 0 fully saturated rings. The fourth-order valence-electron chi connectivity index (χ4n) is 5.26. The summed E-state index contributed by atoms with van der Waals surface area (Å²) in [7, 11) is 0. The fourth-order valence-corrected chi connectivity index (χ4v) is 5.26. The highest BCUT2D eigenvalue weighted by molar-refractivity contribution is 5.48. The summed E-state index contributed by atoms with van der Waals surface area (Å²) in [5.41, 5.74) is 9.10. The highest BCUT2D eigenvalue weighted by Gasteiger charge is 2.21. The highest BCUT2D eigenvalue weighted by Crippen LogP contribution is 2.37. The van der Waals surface area contributed by atoms with Gasteiger partial charge in [-0.1, -0.05) is 70.9 Å². The Labute approximate surface area is 185 Å². The summed E-state index contributed by atoms with van der Waals surface area (Å²) in [5.74, 6) is 2.60. The first kappa shape index (κ1) is 22.9. The molecule has 0 saturated carbocycles. The summed E-state index contributed by atoms with van der Waals surface area (Å²) >= 11 is 0. The van der Waals surface area contributed by atoms with Crippen molar-refractivity contribution in [2.24, 2.45) is 5.92 Å². The summed E-state index contributed by atoms with van der Waals surface area (Å²) in [6.45, 7) is 12.5. The summed E-state index contributed by atoms with van der Waals surface area (Å²) in [6.07, 6.45) is 10.9. The lowest BCUT2D eigenvalue weighted by molar-refractivity contribution is 0.353. The zero-order valence-corrected chi connectivity index (χ0v) is 20.0. The first-order valence-corrected chi connectivity index (χ1v) is 12.4. The molecule has 1 aliphatic heterocycles. The quantitative estimate of drug-likeness (QED) is 0.367. The summed E-state index contributed by atoms with van der Waals surface area (Å²) < 4.78 is 5.96. The van der Waals surface area contributed by atoms with Crippen LogP contribution in [0.1, 0.15) is 99.1 Å². The molecule has 0 amide bonds. The van der Waals surface area contributed by atoms with Crippen molar-refractivity contribution < 1.29 is 4.74 Å². The number of benzene rings is 2. The van der Waals surface area contributed by atoms with E-state index in [0.29, 0.717) is 5.92 Å². The number of rotatable bonds is 11. The molecular weight excluding hydrogens is 364 g/mol. The predicted octanol–water partition coefficient (Wildman–Crippen LogP) is 7.99. The third kappa shape index (κ3) is 5.48. The Hall–Kier alpha value is -1.76. The molecule has 1 aliphatic rings. The Morgan fingerprint density at radius 1 is 0.967 bits per heavy atom. The molecule has 0 aromatic heterocycles. The molecule has 1 heteroatoms. The standard InChI is InChI=1S/C29H42O/c1-6-10-25-19-27(20-26-16-17-30-29(25)26)23(8-3)18-21(4)14-15-24-13-9-12-22(5)28(24)11-7-2/h9,12-13,19-21,23H,6-8,10-11,14-18H2,1-5H3. The van der Waals surface area contributed by atoms with Crippen molar-refractivity contribution in [1.82, 2.24) is 0 Å². The molecule has 164 valence electrons. The third-order valence-electron chi connectivity index (χ3n) is 6.97. The first-order valence-electron chi connectivity index (χ1n) is 12.4. The lowest BCUT2D eigenvalue weighted by atomic mass is 9.83. The van der Waals surface area contributed by atoms with Crippen molar-refractivity contribution in [2.45, 2.75) is 98.3 Å². The van der Waals surface area contributed by atoms with Gasteiger partial charge in [0.15, 0.2) is 0 Å². The van der Waals surface area contributed by atoms with Crippen molar-refractivity contribution in [3.8, 4) is 5.75 Å². The molecule has 2 unspecified atom stereocenters. The molecule has 0 bridgehead atoms. The monoisotopic (exact) mass is 406 g/mol. The van der Waals surface area contributed by atoms with E-state index in [-0.39, 0.29) is 0 Å². The van der Waals surface area contributed by atoms with Crippen LogP contribution in [0.25, 0.3) is 0 Å². The first-order chi connectivity index (χ1) is 14.6. The number of ether oxygens (including phenoxy) is 1. The molecular formula is C29H42O.